The maximum atomic E-state index is 5.97. The van der Waals surface area contributed by atoms with E-state index in [2.05, 4.69) is 14.9 Å². The fourth-order valence-corrected chi connectivity index (χ4v) is 2.60. The molecule has 1 fully saturated rings. The first-order valence-corrected chi connectivity index (χ1v) is 6.84. The van der Waals surface area contributed by atoms with E-state index in [1.165, 1.54) is 6.42 Å². The van der Waals surface area contributed by atoms with Crippen LogP contribution in [0.15, 0.2) is 17.4 Å². The smallest absolute Gasteiger partial charge is 0.119 e. The second-order valence-electron chi connectivity index (χ2n) is 4.15. The van der Waals surface area contributed by atoms with Crippen LogP contribution in [0.3, 0.4) is 0 Å². The third-order valence-corrected chi connectivity index (χ3v) is 3.57. The number of nitrogens with two attached hydrogens (primary N) is 1. The first kappa shape index (κ1) is 11.8. The highest BCUT2D eigenvalue weighted by molar-refractivity contribution is 7.98. The Morgan fingerprint density at radius 1 is 1.50 bits per heavy atom. The summed E-state index contributed by atoms with van der Waals surface area (Å²) in [5, 5.41) is 1.03. The molecule has 1 aromatic rings. The average Bonchev–Trinajstić information content (AvgIpc) is 2.30. The lowest BCUT2D eigenvalue weighted by molar-refractivity contribution is 0.197. The van der Waals surface area contributed by atoms with Crippen molar-refractivity contribution in [3.8, 4) is 0 Å². The van der Waals surface area contributed by atoms with Crippen molar-refractivity contribution in [1.29, 1.82) is 0 Å². The largest absolute Gasteiger partial charge is 0.327 e. The Balaban J connectivity index is 2.02. The van der Waals surface area contributed by atoms with Crippen molar-refractivity contribution in [2.45, 2.75) is 30.5 Å². The minimum Gasteiger partial charge on any atom is -0.327 e. The van der Waals surface area contributed by atoms with Gasteiger partial charge in [0.15, 0.2) is 0 Å². The van der Waals surface area contributed by atoms with Gasteiger partial charge in [0.1, 0.15) is 5.03 Å². The number of nitrogens with zero attached hydrogens (tertiary/aromatic N) is 3. The van der Waals surface area contributed by atoms with Gasteiger partial charge in [-0.3, -0.25) is 9.88 Å². The van der Waals surface area contributed by atoms with E-state index in [-0.39, 0.29) is 0 Å². The van der Waals surface area contributed by atoms with Crippen LogP contribution in [0.4, 0.5) is 0 Å². The zero-order chi connectivity index (χ0) is 11.4. The van der Waals surface area contributed by atoms with Gasteiger partial charge in [0.05, 0.1) is 5.69 Å². The van der Waals surface area contributed by atoms with E-state index in [0.717, 1.165) is 36.8 Å². The molecule has 2 N–H and O–H groups in total. The molecule has 0 bridgehead atoms. The van der Waals surface area contributed by atoms with Crippen LogP contribution in [0.2, 0.25) is 0 Å². The fraction of sp³-hybridized carbons (Fsp3) is 0.636. The molecule has 0 aromatic carbocycles. The first-order valence-electron chi connectivity index (χ1n) is 5.61. The van der Waals surface area contributed by atoms with Crippen LogP contribution < -0.4 is 5.73 Å². The Morgan fingerprint density at radius 2 is 2.31 bits per heavy atom. The van der Waals surface area contributed by atoms with Crippen LogP contribution in [0.5, 0.6) is 0 Å². The molecule has 1 aromatic heterocycles. The maximum Gasteiger partial charge on any atom is 0.119 e. The van der Waals surface area contributed by atoms with Gasteiger partial charge in [-0.2, -0.15) is 0 Å². The van der Waals surface area contributed by atoms with Crippen molar-refractivity contribution in [2.24, 2.45) is 5.73 Å². The summed E-state index contributed by atoms with van der Waals surface area (Å²) in [6, 6.07) is 0.322. The van der Waals surface area contributed by atoms with Crippen molar-refractivity contribution in [3.05, 3.63) is 18.1 Å². The monoisotopic (exact) mass is 238 g/mol. The molecule has 2 rings (SSSR count). The molecular formula is C11H18N4S. The Hall–Kier alpha value is -0.650. The topological polar surface area (TPSA) is 55.0 Å². The van der Waals surface area contributed by atoms with E-state index < -0.39 is 0 Å². The summed E-state index contributed by atoms with van der Waals surface area (Å²) < 4.78 is 0. The zero-order valence-corrected chi connectivity index (χ0v) is 10.4. The van der Waals surface area contributed by atoms with Crippen LogP contribution in [0, 0.1) is 0 Å². The molecule has 4 nitrogen and oxygen atoms in total. The lowest BCUT2D eigenvalue weighted by Gasteiger charge is -2.30. The van der Waals surface area contributed by atoms with Crippen molar-refractivity contribution in [1.82, 2.24) is 14.9 Å². The van der Waals surface area contributed by atoms with Crippen LogP contribution in [0.1, 0.15) is 18.5 Å². The van der Waals surface area contributed by atoms with Crippen molar-refractivity contribution in [2.75, 3.05) is 19.3 Å². The number of hydrogen-bond acceptors (Lipinski definition) is 5. The van der Waals surface area contributed by atoms with E-state index >= 15 is 0 Å². The van der Waals surface area contributed by atoms with Gasteiger partial charge in [0, 0.05) is 31.5 Å². The number of thioether (sulfide) groups is 1. The third kappa shape index (κ3) is 2.93. The number of likely N-dealkylation sites (tertiary alicyclic amines) is 1. The summed E-state index contributed by atoms with van der Waals surface area (Å²) >= 11 is 1.65. The molecule has 0 amide bonds. The normalized spacial score (nSPS) is 22.2. The second kappa shape index (κ2) is 5.61. The maximum absolute atomic E-state index is 5.97. The van der Waals surface area contributed by atoms with Crippen LogP contribution >= 0.6 is 11.8 Å². The lowest BCUT2D eigenvalue weighted by atomic mass is 10.1. The van der Waals surface area contributed by atoms with Crippen molar-refractivity contribution in [3.63, 3.8) is 0 Å². The molecule has 0 aliphatic carbocycles. The van der Waals surface area contributed by atoms with Crippen LogP contribution in [-0.2, 0) is 6.54 Å². The Kier molecular flexibility index (Phi) is 4.15. The Morgan fingerprint density at radius 3 is 3.06 bits per heavy atom. The van der Waals surface area contributed by atoms with Gasteiger partial charge in [0.2, 0.25) is 0 Å². The summed E-state index contributed by atoms with van der Waals surface area (Å²) in [5.74, 6) is 0. The highest BCUT2D eigenvalue weighted by atomic mass is 32.2. The molecule has 1 saturated heterocycles. The van der Waals surface area contributed by atoms with E-state index in [9.17, 15) is 0 Å². The van der Waals surface area contributed by atoms with Crippen molar-refractivity contribution >= 4 is 11.8 Å². The molecule has 1 aliphatic heterocycles. The molecule has 5 heteroatoms. The standard InChI is InChI=1S/C11H18N4S/c1-16-11-10(13-4-5-14-11)8-15-6-2-3-9(12)7-15/h4-5,9H,2-3,6-8,12H2,1H3/t9-/m1/s1. The first-order chi connectivity index (χ1) is 7.79. The zero-order valence-electron chi connectivity index (χ0n) is 9.59. The minimum atomic E-state index is 0.322. The highest BCUT2D eigenvalue weighted by Crippen LogP contribution is 2.18. The molecule has 2 heterocycles. The molecular weight excluding hydrogens is 220 g/mol. The number of hydrogen-bond donors (Lipinski definition) is 1. The highest BCUT2D eigenvalue weighted by Gasteiger charge is 2.18. The van der Waals surface area contributed by atoms with Gasteiger partial charge in [-0.1, -0.05) is 0 Å². The molecule has 16 heavy (non-hydrogen) atoms. The Labute approximate surface area is 101 Å². The molecule has 0 spiro atoms. The van der Waals surface area contributed by atoms with E-state index in [1.54, 1.807) is 24.2 Å². The lowest BCUT2D eigenvalue weighted by Crippen LogP contribution is -2.42. The quantitative estimate of drug-likeness (QED) is 0.800. The summed E-state index contributed by atoms with van der Waals surface area (Å²) in [7, 11) is 0. The molecule has 1 atom stereocenters. The Bertz CT molecular complexity index is 345. The van der Waals surface area contributed by atoms with E-state index in [4.69, 9.17) is 5.73 Å². The minimum absolute atomic E-state index is 0.322. The van der Waals surface area contributed by atoms with E-state index in [1.807, 2.05) is 6.26 Å². The predicted molar refractivity (Wildman–Crippen MR) is 66.3 cm³/mol. The molecule has 1 aliphatic rings. The molecule has 0 radical (unpaired) electrons. The SMILES string of the molecule is CSc1nccnc1CN1CCC[C@@H](N)C1. The van der Waals surface area contributed by atoms with E-state index in [0.29, 0.717) is 6.04 Å². The molecule has 88 valence electrons. The predicted octanol–water partition coefficient (Wildman–Crippen LogP) is 1.12. The number of aromatic nitrogens is 2. The summed E-state index contributed by atoms with van der Waals surface area (Å²) in [4.78, 5) is 11.1. The molecule has 0 unspecified atom stereocenters. The van der Waals surface area contributed by atoms with Crippen LogP contribution in [0.25, 0.3) is 0 Å². The third-order valence-electron chi connectivity index (χ3n) is 2.84. The van der Waals surface area contributed by atoms with Gasteiger partial charge in [-0.25, -0.2) is 4.98 Å². The number of piperidine rings is 1. The van der Waals surface area contributed by atoms with Gasteiger partial charge < -0.3 is 5.73 Å². The van der Waals surface area contributed by atoms with Gasteiger partial charge in [-0.15, -0.1) is 11.8 Å². The summed E-state index contributed by atoms with van der Waals surface area (Å²) in [5.41, 5.74) is 7.04. The van der Waals surface area contributed by atoms with Crippen molar-refractivity contribution < 1.29 is 0 Å². The van der Waals surface area contributed by atoms with Gasteiger partial charge >= 0.3 is 0 Å². The average molecular weight is 238 g/mol. The molecule has 0 saturated carbocycles. The number of rotatable bonds is 3. The van der Waals surface area contributed by atoms with Crippen LogP contribution in [-0.4, -0.2) is 40.3 Å². The summed E-state index contributed by atoms with van der Waals surface area (Å²) in [6.07, 6.45) is 7.88. The van der Waals surface area contributed by atoms with Gasteiger partial charge in [-0.05, 0) is 25.6 Å². The fourth-order valence-electron chi connectivity index (χ4n) is 2.08. The van der Waals surface area contributed by atoms with Gasteiger partial charge in [0.25, 0.3) is 0 Å². The second-order valence-corrected chi connectivity index (χ2v) is 4.94. The summed E-state index contributed by atoms with van der Waals surface area (Å²) in [6.45, 7) is 2.97.